The molecule has 0 saturated heterocycles. The van der Waals surface area contributed by atoms with E-state index in [1.54, 1.807) is 0 Å². The lowest BCUT2D eigenvalue weighted by Crippen LogP contribution is -2.63. The Hall–Kier alpha value is -0.0800. The van der Waals surface area contributed by atoms with Crippen LogP contribution in [-0.2, 0) is 0 Å². The highest BCUT2D eigenvalue weighted by Gasteiger charge is 2.62. The Kier molecular flexibility index (Phi) is 2.68. The zero-order valence-corrected chi connectivity index (χ0v) is 12.1. The maximum absolute atomic E-state index is 11.1. The van der Waals surface area contributed by atoms with E-state index in [0.717, 1.165) is 38.5 Å². The molecule has 4 saturated carbocycles. The Labute approximate surface area is 111 Å². The Bertz CT molecular complexity index is 331. The van der Waals surface area contributed by atoms with Gasteiger partial charge in [-0.05, 0) is 69.6 Å². The summed E-state index contributed by atoms with van der Waals surface area (Å²) in [4.78, 5) is 0. The first-order valence-corrected chi connectivity index (χ1v) is 7.68. The molecule has 4 bridgehead atoms. The van der Waals surface area contributed by atoms with Crippen LogP contribution in [0.25, 0.3) is 0 Å². The van der Waals surface area contributed by atoms with Crippen molar-refractivity contribution in [2.45, 2.75) is 76.9 Å². The Morgan fingerprint density at radius 1 is 1.17 bits per heavy atom. The molecule has 0 spiro atoms. The lowest BCUT2D eigenvalue weighted by Gasteiger charge is -2.64. The molecule has 4 aliphatic rings. The number of hydrogen-bond donors (Lipinski definition) is 2. The van der Waals surface area contributed by atoms with Crippen LogP contribution in [0.2, 0.25) is 0 Å². The van der Waals surface area contributed by atoms with Crippen LogP contribution in [0, 0.1) is 23.2 Å². The van der Waals surface area contributed by atoms with Gasteiger partial charge in [-0.1, -0.05) is 13.8 Å². The van der Waals surface area contributed by atoms with Gasteiger partial charge in [-0.3, -0.25) is 0 Å². The fourth-order valence-corrected chi connectivity index (χ4v) is 5.86. The number of rotatable bonds is 3. The third-order valence-corrected chi connectivity index (χ3v) is 5.98. The second-order valence-corrected chi connectivity index (χ2v) is 8.34. The molecule has 0 heterocycles. The lowest BCUT2D eigenvalue weighted by molar-refractivity contribution is -0.228. The van der Waals surface area contributed by atoms with Crippen LogP contribution in [0.15, 0.2) is 0 Å². The Morgan fingerprint density at radius 2 is 1.72 bits per heavy atom. The highest BCUT2D eigenvalue weighted by Crippen LogP contribution is 2.65. The van der Waals surface area contributed by atoms with Gasteiger partial charge < -0.3 is 10.2 Å². The quantitative estimate of drug-likeness (QED) is 0.810. The second-order valence-electron chi connectivity index (χ2n) is 8.34. The van der Waals surface area contributed by atoms with E-state index in [1.807, 2.05) is 6.92 Å². The summed E-state index contributed by atoms with van der Waals surface area (Å²) < 4.78 is 0. The van der Waals surface area contributed by atoms with Gasteiger partial charge in [0.15, 0.2) is 0 Å². The summed E-state index contributed by atoms with van der Waals surface area (Å²) in [7, 11) is 0. The smallest absolute Gasteiger partial charge is 0.0679 e. The molecule has 2 N–H and O–H groups in total. The Balaban J connectivity index is 1.91. The monoisotopic (exact) mass is 252 g/mol. The summed E-state index contributed by atoms with van der Waals surface area (Å²) in [6.45, 7) is 6.40. The third kappa shape index (κ3) is 1.84. The SMILES string of the molecule is CC(C)CC(C)(O)C12CC3CC(CC(O)(C3)C1)C2. The van der Waals surface area contributed by atoms with Gasteiger partial charge in [0.05, 0.1) is 11.2 Å². The maximum Gasteiger partial charge on any atom is 0.0679 e. The van der Waals surface area contributed by atoms with Crippen molar-refractivity contribution in [2.24, 2.45) is 23.2 Å². The summed E-state index contributed by atoms with van der Waals surface area (Å²) >= 11 is 0. The van der Waals surface area contributed by atoms with Gasteiger partial charge in [-0.25, -0.2) is 0 Å². The molecule has 4 aliphatic carbocycles. The highest BCUT2D eigenvalue weighted by molar-refractivity contribution is 5.13. The zero-order valence-electron chi connectivity index (χ0n) is 12.1. The molecule has 104 valence electrons. The van der Waals surface area contributed by atoms with E-state index in [-0.39, 0.29) is 5.41 Å². The van der Waals surface area contributed by atoms with Crippen LogP contribution in [0.3, 0.4) is 0 Å². The molecule has 0 aliphatic heterocycles. The molecular formula is C16H28O2. The fourth-order valence-electron chi connectivity index (χ4n) is 5.86. The zero-order chi connectivity index (χ0) is 13.2. The summed E-state index contributed by atoms with van der Waals surface area (Å²) in [5, 5.41) is 21.8. The van der Waals surface area contributed by atoms with Gasteiger partial charge in [-0.2, -0.15) is 0 Å². The van der Waals surface area contributed by atoms with Crippen LogP contribution in [0.5, 0.6) is 0 Å². The molecule has 2 heteroatoms. The summed E-state index contributed by atoms with van der Waals surface area (Å²) in [5.74, 6) is 1.84. The maximum atomic E-state index is 11.1. The van der Waals surface area contributed by atoms with E-state index in [4.69, 9.17) is 0 Å². The van der Waals surface area contributed by atoms with Crippen LogP contribution in [-0.4, -0.2) is 21.4 Å². The van der Waals surface area contributed by atoms with E-state index in [0.29, 0.717) is 17.8 Å². The van der Waals surface area contributed by atoms with Crippen LogP contribution >= 0.6 is 0 Å². The van der Waals surface area contributed by atoms with Crippen LogP contribution in [0.4, 0.5) is 0 Å². The van der Waals surface area contributed by atoms with E-state index < -0.39 is 11.2 Å². The molecule has 0 aromatic heterocycles. The van der Waals surface area contributed by atoms with Gasteiger partial charge in [0.2, 0.25) is 0 Å². The van der Waals surface area contributed by atoms with Crippen molar-refractivity contribution >= 4 is 0 Å². The minimum atomic E-state index is -0.604. The van der Waals surface area contributed by atoms with Crippen LogP contribution in [0.1, 0.15) is 65.7 Å². The lowest BCUT2D eigenvalue weighted by atomic mass is 9.43. The van der Waals surface area contributed by atoms with Crippen molar-refractivity contribution in [3.8, 4) is 0 Å². The molecule has 0 radical (unpaired) electrons. The van der Waals surface area contributed by atoms with E-state index in [2.05, 4.69) is 13.8 Å². The summed E-state index contributed by atoms with van der Waals surface area (Å²) in [6, 6.07) is 0. The third-order valence-electron chi connectivity index (χ3n) is 5.98. The first-order valence-electron chi connectivity index (χ1n) is 7.68. The molecule has 3 atom stereocenters. The van der Waals surface area contributed by atoms with Crippen molar-refractivity contribution < 1.29 is 10.2 Å². The minimum Gasteiger partial charge on any atom is -0.390 e. The first-order chi connectivity index (χ1) is 8.24. The van der Waals surface area contributed by atoms with E-state index in [9.17, 15) is 10.2 Å². The molecule has 0 aromatic carbocycles. The van der Waals surface area contributed by atoms with Gasteiger partial charge in [0, 0.05) is 5.41 Å². The average molecular weight is 252 g/mol. The number of aliphatic hydroxyl groups is 2. The molecule has 3 unspecified atom stereocenters. The molecular weight excluding hydrogens is 224 g/mol. The normalized spacial score (nSPS) is 49.7. The number of hydrogen-bond acceptors (Lipinski definition) is 2. The van der Waals surface area contributed by atoms with Gasteiger partial charge in [0.1, 0.15) is 0 Å². The predicted molar refractivity (Wildman–Crippen MR) is 72.1 cm³/mol. The fraction of sp³-hybridized carbons (Fsp3) is 1.00. The molecule has 4 rings (SSSR count). The molecule has 0 amide bonds. The summed E-state index contributed by atoms with van der Waals surface area (Å²) in [6.07, 6.45) is 7.26. The highest BCUT2D eigenvalue weighted by atomic mass is 16.3. The first kappa shape index (κ1) is 12.9. The van der Waals surface area contributed by atoms with Crippen molar-refractivity contribution in [3.05, 3.63) is 0 Å². The second kappa shape index (κ2) is 3.73. The standard InChI is InChI=1S/C16H28O2/c1-11(2)5-14(3,17)15-6-12-4-13(7-15)9-16(18,8-12)10-15/h11-13,17-18H,4-10H2,1-3H3. The predicted octanol–water partition coefficient (Wildman–Crippen LogP) is 3.11. The van der Waals surface area contributed by atoms with Gasteiger partial charge in [-0.15, -0.1) is 0 Å². The minimum absolute atomic E-state index is 0.00387. The molecule has 18 heavy (non-hydrogen) atoms. The summed E-state index contributed by atoms with van der Waals surface area (Å²) in [5.41, 5.74) is -1.06. The van der Waals surface area contributed by atoms with Crippen molar-refractivity contribution in [1.29, 1.82) is 0 Å². The van der Waals surface area contributed by atoms with E-state index >= 15 is 0 Å². The average Bonchev–Trinajstić information content (AvgIpc) is 2.10. The molecule has 4 fully saturated rings. The van der Waals surface area contributed by atoms with Gasteiger partial charge in [0.25, 0.3) is 0 Å². The largest absolute Gasteiger partial charge is 0.390 e. The Morgan fingerprint density at radius 3 is 2.17 bits per heavy atom. The van der Waals surface area contributed by atoms with Crippen LogP contribution < -0.4 is 0 Å². The molecule has 2 nitrogen and oxygen atoms in total. The van der Waals surface area contributed by atoms with Gasteiger partial charge >= 0.3 is 0 Å². The molecule has 0 aromatic rings. The topological polar surface area (TPSA) is 40.5 Å². The van der Waals surface area contributed by atoms with Crippen molar-refractivity contribution in [3.63, 3.8) is 0 Å². The van der Waals surface area contributed by atoms with Crippen molar-refractivity contribution in [1.82, 2.24) is 0 Å². The van der Waals surface area contributed by atoms with E-state index in [1.165, 1.54) is 6.42 Å². The van der Waals surface area contributed by atoms with Crippen molar-refractivity contribution in [2.75, 3.05) is 0 Å².